The molecule has 1 saturated heterocycles. The number of thiazole rings is 1. The van der Waals surface area contributed by atoms with Crippen molar-refractivity contribution < 1.29 is 27.8 Å². The van der Waals surface area contributed by atoms with Gasteiger partial charge in [0, 0.05) is 0 Å². The van der Waals surface area contributed by atoms with Gasteiger partial charge in [0.1, 0.15) is 46.4 Å². The molecule has 3 aromatic rings. The summed E-state index contributed by atoms with van der Waals surface area (Å²) in [6.45, 7) is 4.08. The van der Waals surface area contributed by atoms with Gasteiger partial charge in [-0.3, -0.25) is 4.79 Å². The van der Waals surface area contributed by atoms with Gasteiger partial charge in [-0.15, -0.1) is 0 Å². The van der Waals surface area contributed by atoms with Crippen LogP contribution in [0.5, 0.6) is 5.88 Å². The number of hydrogen-bond acceptors (Lipinski definition) is 9. The number of carbonyl (C=O) groups is 1. The predicted octanol–water partition coefficient (Wildman–Crippen LogP) is 3.24. The van der Waals surface area contributed by atoms with E-state index in [2.05, 4.69) is 20.3 Å². The van der Waals surface area contributed by atoms with Crippen molar-refractivity contribution in [2.45, 2.75) is 25.7 Å². The molecule has 0 unspecified atom stereocenters. The van der Waals surface area contributed by atoms with Crippen LogP contribution in [0.15, 0.2) is 30.7 Å². The van der Waals surface area contributed by atoms with Gasteiger partial charge >= 0.3 is 0 Å². The lowest BCUT2D eigenvalue weighted by Crippen LogP contribution is -2.25. The van der Waals surface area contributed by atoms with E-state index in [1.165, 1.54) is 18.6 Å². The van der Waals surface area contributed by atoms with Crippen LogP contribution >= 0.6 is 11.3 Å². The zero-order chi connectivity index (χ0) is 22.9. The van der Waals surface area contributed by atoms with E-state index in [-0.39, 0.29) is 45.5 Å². The van der Waals surface area contributed by atoms with Gasteiger partial charge in [0.25, 0.3) is 5.91 Å². The number of amides is 1. The summed E-state index contributed by atoms with van der Waals surface area (Å²) in [6.07, 6.45) is 2.30. The highest BCUT2D eigenvalue weighted by molar-refractivity contribution is 7.19. The Bertz CT molecular complexity index is 1140. The molecule has 0 saturated carbocycles. The number of aromatic nitrogens is 3. The lowest BCUT2D eigenvalue weighted by Gasteiger charge is -2.17. The Morgan fingerprint density at radius 3 is 2.81 bits per heavy atom. The standard InChI is InChI=1S/C20H19F2N5O4S/c1-20(2)30-8-10(31-20)7-29-18-13(6-24-9-25-18)26-17(28)15-16(23)32-19(27-15)14-11(21)4-3-5-12(14)22/h3-6,9-10H,7-8,23H2,1-2H3,(H,26,28)/t10-/m0/s1. The van der Waals surface area contributed by atoms with Gasteiger partial charge in [0.2, 0.25) is 5.88 Å². The normalized spacial score (nSPS) is 17.3. The minimum atomic E-state index is -0.806. The van der Waals surface area contributed by atoms with Crippen LogP contribution in [0.4, 0.5) is 19.5 Å². The molecule has 1 aliphatic rings. The van der Waals surface area contributed by atoms with Gasteiger partial charge in [-0.1, -0.05) is 17.4 Å². The van der Waals surface area contributed by atoms with Gasteiger partial charge in [0.05, 0.1) is 18.4 Å². The first kappa shape index (κ1) is 22.0. The molecule has 12 heteroatoms. The fraction of sp³-hybridized carbons (Fsp3) is 0.300. The predicted molar refractivity (Wildman–Crippen MR) is 112 cm³/mol. The van der Waals surface area contributed by atoms with Crippen molar-refractivity contribution >= 4 is 27.9 Å². The van der Waals surface area contributed by atoms with E-state index in [1.54, 1.807) is 13.8 Å². The summed E-state index contributed by atoms with van der Waals surface area (Å²) in [5, 5.41) is 2.52. The highest BCUT2D eigenvalue weighted by Crippen LogP contribution is 2.34. The molecule has 4 rings (SSSR count). The number of anilines is 2. The van der Waals surface area contributed by atoms with E-state index in [0.29, 0.717) is 6.61 Å². The smallest absolute Gasteiger partial charge is 0.277 e. The molecule has 1 amide bonds. The summed E-state index contributed by atoms with van der Waals surface area (Å²) in [5.41, 5.74) is 5.53. The molecule has 1 fully saturated rings. The second-order valence-corrected chi connectivity index (χ2v) is 8.32. The van der Waals surface area contributed by atoms with E-state index < -0.39 is 23.3 Å². The van der Waals surface area contributed by atoms with E-state index >= 15 is 0 Å². The number of ether oxygens (including phenoxy) is 3. The summed E-state index contributed by atoms with van der Waals surface area (Å²) in [7, 11) is 0. The molecular weight excluding hydrogens is 444 g/mol. The SMILES string of the molecule is CC1(C)OC[C@H](COc2ncncc2NC(=O)c2nc(-c3c(F)cccc3F)sc2N)O1. The number of hydrogen-bond donors (Lipinski definition) is 2. The molecule has 32 heavy (non-hydrogen) atoms. The zero-order valence-corrected chi connectivity index (χ0v) is 17.9. The fourth-order valence-corrected chi connectivity index (χ4v) is 3.90. The Labute approximate surface area is 185 Å². The van der Waals surface area contributed by atoms with Crippen molar-refractivity contribution in [3.05, 3.63) is 48.1 Å². The van der Waals surface area contributed by atoms with Crippen LogP contribution in [0.2, 0.25) is 0 Å². The lowest BCUT2D eigenvalue weighted by atomic mass is 10.2. The third kappa shape index (κ3) is 4.66. The van der Waals surface area contributed by atoms with Crippen LogP contribution in [-0.2, 0) is 9.47 Å². The second-order valence-electron chi connectivity index (χ2n) is 7.29. The summed E-state index contributed by atoms with van der Waals surface area (Å²) in [5.74, 6) is -2.91. The largest absolute Gasteiger partial charge is 0.473 e. The van der Waals surface area contributed by atoms with Gasteiger partial charge in [0.15, 0.2) is 11.5 Å². The fourth-order valence-electron chi connectivity index (χ4n) is 3.02. The topological polar surface area (TPSA) is 121 Å². The molecule has 3 N–H and O–H groups in total. The van der Waals surface area contributed by atoms with Crippen molar-refractivity contribution in [2.75, 3.05) is 24.3 Å². The molecule has 168 valence electrons. The highest BCUT2D eigenvalue weighted by atomic mass is 32.1. The second kappa shape index (κ2) is 8.73. The van der Waals surface area contributed by atoms with Crippen molar-refractivity contribution in [3.8, 4) is 16.5 Å². The average molecular weight is 463 g/mol. The zero-order valence-electron chi connectivity index (χ0n) is 17.1. The molecule has 3 heterocycles. The number of halogens is 2. The molecule has 0 aliphatic carbocycles. The highest BCUT2D eigenvalue weighted by Gasteiger charge is 2.33. The minimum Gasteiger partial charge on any atom is -0.473 e. The maximum atomic E-state index is 14.1. The number of rotatable bonds is 6. The molecule has 1 atom stereocenters. The maximum Gasteiger partial charge on any atom is 0.277 e. The van der Waals surface area contributed by atoms with E-state index in [9.17, 15) is 13.6 Å². The third-order valence-corrected chi connectivity index (χ3v) is 5.34. The summed E-state index contributed by atoms with van der Waals surface area (Å²) >= 11 is 0.799. The summed E-state index contributed by atoms with van der Waals surface area (Å²) in [6, 6.07) is 3.43. The van der Waals surface area contributed by atoms with Crippen molar-refractivity contribution in [1.29, 1.82) is 0 Å². The molecule has 0 bridgehead atoms. The monoisotopic (exact) mass is 463 g/mol. The van der Waals surface area contributed by atoms with Crippen LogP contribution < -0.4 is 15.8 Å². The van der Waals surface area contributed by atoms with Gasteiger partial charge < -0.3 is 25.3 Å². The van der Waals surface area contributed by atoms with E-state index in [4.69, 9.17) is 19.9 Å². The third-order valence-electron chi connectivity index (χ3n) is 4.44. The molecule has 0 radical (unpaired) electrons. The molecule has 1 aromatic carbocycles. The molecular formula is C20H19F2N5O4S. The maximum absolute atomic E-state index is 14.1. The Morgan fingerprint density at radius 1 is 1.38 bits per heavy atom. The quantitative estimate of drug-likeness (QED) is 0.571. The number of nitrogens with one attached hydrogen (secondary N) is 1. The Morgan fingerprint density at radius 2 is 2.12 bits per heavy atom. The van der Waals surface area contributed by atoms with Crippen LogP contribution in [0, 0.1) is 11.6 Å². The Hall–Kier alpha value is -3.22. The van der Waals surface area contributed by atoms with E-state index in [0.717, 1.165) is 23.5 Å². The minimum absolute atomic E-state index is 0.00166. The average Bonchev–Trinajstić information content (AvgIpc) is 3.29. The van der Waals surface area contributed by atoms with Crippen molar-refractivity contribution in [3.63, 3.8) is 0 Å². The summed E-state index contributed by atoms with van der Waals surface area (Å²) < 4.78 is 45.0. The Balaban J connectivity index is 1.50. The summed E-state index contributed by atoms with van der Waals surface area (Å²) in [4.78, 5) is 24.7. The van der Waals surface area contributed by atoms with Crippen LogP contribution in [-0.4, -0.2) is 46.0 Å². The number of nitrogen functional groups attached to an aromatic ring is 1. The number of carbonyl (C=O) groups excluding carboxylic acids is 1. The van der Waals surface area contributed by atoms with Crippen molar-refractivity contribution in [2.24, 2.45) is 0 Å². The van der Waals surface area contributed by atoms with Gasteiger partial charge in [-0.25, -0.2) is 18.7 Å². The number of benzene rings is 1. The Kier molecular flexibility index (Phi) is 6.00. The van der Waals surface area contributed by atoms with Gasteiger partial charge in [-0.2, -0.15) is 4.98 Å². The lowest BCUT2D eigenvalue weighted by molar-refractivity contribution is -0.141. The molecule has 9 nitrogen and oxygen atoms in total. The molecule has 2 aromatic heterocycles. The van der Waals surface area contributed by atoms with Gasteiger partial charge in [-0.05, 0) is 26.0 Å². The molecule has 0 spiro atoms. The van der Waals surface area contributed by atoms with Crippen molar-refractivity contribution in [1.82, 2.24) is 15.0 Å². The van der Waals surface area contributed by atoms with E-state index in [1.807, 2.05) is 0 Å². The first-order chi connectivity index (χ1) is 15.2. The number of nitrogens with zero attached hydrogens (tertiary/aromatic N) is 3. The van der Waals surface area contributed by atoms with Crippen LogP contribution in [0.25, 0.3) is 10.6 Å². The first-order valence-corrected chi connectivity index (χ1v) is 10.3. The van der Waals surface area contributed by atoms with Crippen LogP contribution in [0.3, 0.4) is 0 Å². The number of nitrogens with two attached hydrogens (primary N) is 1. The first-order valence-electron chi connectivity index (χ1n) is 9.50. The van der Waals surface area contributed by atoms with Crippen LogP contribution in [0.1, 0.15) is 24.3 Å². The molecule has 1 aliphatic heterocycles.